The van der Waals surface area contributed by atoms with Crippen LogP contribution in [-0.2, 0) is 10.2 Å². The number of benzene rings is 2. The molecule has 0 atom stereocenters. The quantitative estimate of drug-likeness (QED) is 0.939. The van der Waals surface area contributed by atoms with Crippen molar-refractivity contribution in [1.82, 2.24) is 0 Å². The molecule has 0 aromatic heterocycles. The van der Waals surface area contributed by atoms with Crippen LogP contribution in [0.3, 0.4) is 0 Å². The molecule has 1 N–H and O–H groups in total. The summed E-state index contributed by atoms with van der Waals surface area (Å²) in [5.41, 5.74) is 0.837. The first-order valence-electron chi connectivity index (χ1n) is 7.25. The molecule has 0 spiro atoms. The minimum absolute atomic E-state index is 0.0443. The number of halogens is 2. The lowest BCUT2D eigenvalue weighted by Crippen LogP contribution is -2.27. The zero-order valence-electron chi connectivity index (χ0n) is 12.0. The van der Waals surface area contributed by atoms with Crippen LogP contribution in [0.15, 0.2) is 48.5 Å². The van der Waals surface area contributed by atoms with Crippen molar-refractivity contribution in [1.29, 1.82) is 0 Å². The molecule has 2 aliphatic rings. The van der Waals surface area contributed by atoms with E-state index in [2.05, 4.69) is 14.8 Å². The van der Waals surface area contributed by atoms with Gasteiger partial charge in [0.15, 0.2) is 11.5 Å². The van der Waals surface area contributed by atoms with Gasteiger partial charge in [-0.3, -0.25) is 4.79 Å². The Morgan fingerprint density at radius 2 is 1.70 bits per heavy atom. The fourth-order valence-electron chi connectivity index (χ4n) is 2.81. The third-order valence-electron chi connectivity index (χ3n) is 4.17. The fraction of sp³-hybridized carbons (Fsp3) is 0.235. The Kier molecular flexibility index (Phi) is 2.85. The van der Waals surface area contributed by atoms with Gasteiger partial charge in [-0.05, 0) is 30.5 Å². The molecule has 1 aliphatic heterocycles. The third-order valence-corrected chi connectivity index (χ3v) is 4.17. The highest BCUT2D eigenvalue weighted by Crippen LogP contribution is 2.49. The van der Waals surface area contributed by atoms with Crippen LogP contribution in [0.1, 0.15) is 18.4 Å². The van der Waals surface area contributed by atoms with Crippen molar-refractivity contribution >= 4 is 11.6 Å². The molecule has 2 aromatic carbocycles. The molecule has 1 aliphatic carbocycles. The van der Waals surface area contributed by atoms with E-state index >= 15 is 0 Å². The van der Waals surface area contributed by atoms with Crippen molar-refractivity contribution in [2.75, 3.05) is 5.32 Å². The second kappa shape index (κ2) is 4.68. The van der Waals surface area contributed by atoms with Crippen LogP contribution in [0.4, 0.5) is 14.5 Å². The van der Waals surface area contributed by atoms with E-state index in [9.17, 15) is 13.6 Å². The predicted octanol–water partition coefficient (Wildman–Crippen LogP) is 3.68. The Morgan fingerprint density at radius 1 is 1.00 bits per heavy atom. The van der Waals surface area contributed by atoms with E-state index in [0.29, 0.717) is 5.69 Å². The lowest BCUT2D eigenvalue weighted by Gasteiger charge is -2.15. The van der Waals surface area contributed by atoms with E-state index in [1.54, 1.807) is 0 Å². The van der Waals surface area contributed by atoms with Crippen LogP contribution in [0.25, 0.3) is 0 Å². The second-order valence-electron chi connectivity index (χ2n) is 5.73. The highest BCUT2D eigenvalue weighted by atomic mass is 19.3. The number of hydrogen-bond acceptors (Lipinski definition) is 3. The Balaban J connectivity index is 1.55. The normalized spacial score (nSPS) is 19.2. The van der Waals surface area contributed by atoms with E-state index < -0.39 is 11.7 Å². The molecule has 118 valence electrons. The standard InChI is InChI=1S/C17H13F2NO3/c18-17(19)22-13-7-6-12(10-14(13)23-17)20-15(21)16(8-9-16)11-4-2-1-3-5-11/h1-7,10H,8-9H2,(H,20,21). The van der Waals surface area contributed by atoms with E-state index in [-0.39, 0.29) is 17.4 Å². The highest BCUT2D eigenvalue weighted by Gasteiger charge is 2.51. The summed E-state index contributed by atoms with van der Waals surface area (Å²) in [6.45, 7) is 0. The number of alkyl halides is 2. The molecule has 1 heterocycles. The monoisotopic (exact) mass is 317 g/mol. The third kappa shape index (κ3) is 2.40. The van der Waals surface area contributed by atoms with Gasteiger partial charge in [0.25, 0.3) is 0 Å². The Morgan fingerprint density at radius 3 is 2.39 bits per heavy atom. The summed E-state index contributed by atoms with van der Waals surface area (Å²) in [6, 6.07) is 13.7. The zero-order chi connectivity index (χ0) is 16.1. The van der Waals surface area contributed by atoms with Crippen molar-refractivity contribution in [2.45, 2.75) is 24.6 Å². The molecule has 1 fully saturated rings. The van der Waals surface area contributed by atoms with Gasteiger partial charge in [-0.1, -0.05) is 30.3 Å². The molecular weight excluding hydrogens is 304 g/mol. The first kappa shape index (κ1) is 14.0. The van der Waals surface area contributed by atoms with E-state index in [1.165, 1.54) is 18.2 Å². The Labute approximate surface area is 131 Å². The number of carbonyl (C=O) groups is 1. The number of hydrogen-bond donors (Lipinski definition) is 1. The number of anilines is 1. The summed E-state index contributed by atoms with van der Waals surface area (Å²) < 4.78 is 34.8. The van der Waals surface area contributed by atoms with Crippen molar-refractivity contribution in [3.8, 4) is 11.5 Å². The molecule has 0 bridgehead atoms. The highest BCUT2D eigenvalue weighted by molar-refractivity contribution is 6.01. The fourth-order valence-corrected chi connectivity index (χ4v) is 2.81. The summed E-state index contributed by atoms with van der Waals surface area (Å²) >= 11 is 0. The van der Waals surface area contributed by atoms with Crippen molar-refractivity contribution in [3.63, 3.8) is 0 Å². The van der Waals surface area contributed by atoms with Gasteiger partial charge in [0.2, 0.25) is 5.91 Å². The van der Waals surface area contributed by atoms with Crippen LogP contribution in [-0.4, -0.2) is 12.2 Å². The van der Waals surface area contributed by atoms with Gasteiger partial charge in [0.1, 0.15) is 0 Å². The number of nitrogens with one attached hydrogen (secondary N) is 1. The summed E-state index contributed by atoms with van der Waals surface area (Å²) in [7, 11) is 0. The summed E-state index contributed by atoms with van der Waals surface area (Å²) in [6.07, 6.45) is -2.12. The molecule has 4 rings (SSSR count). The molecule has 1 amide bonds. The SMILES string of the molecule is O=C(Nc1ccc2c(c1)OC(F)(F)O2)C1(c2ccccc2)CC1. The molecule has 0 saturated heterocycles. The topological polar surface area (TPSA) is 47.6 Å². The summed E-state index contributed by atoms with van der Waals surface area (Å²) in [5, 5.41) is 2.78. The Bertz CT molecular complexity index is 773. The zero-order valence-corrected chi connectivity index (χ0v) is 12.0. The average Bonchev–Trinajstić information content (AvgIpc) is 3.26. The molecular formula is C17H13F2NO3. The molecule has 0 radical (unpaired) electrons. The van der Waals surface area contributed by atoms with E-state index in [0.717, 1.165) is 18.4 Å². The van der Waals surface area contributed by atoms with Crippen LogP contribution < -0.4 is 14.8 Å². The second-order valence-corrected chi connectivity index (χ2v) is 5.73. The van der Waals surface area contributed by atoms with E-state index in [1.807, 2.05) is 30.3 Å². The number of ether oxygens (including phenoxy) is 2. The molecule has 0 unspecified atom stereocenters. The van der Waals surface area contributed by atoms with Crippen LogP contribution in [0, 0.1) is 0 Å². The van der Waals surface area contributed by atoms with Crippen molar-refractivity contribution in [3.05, 3.63) is 54.1 Å². The molecule has 23 heavy (non-hydrogen) atoms. The minimum atomic E-state index is -3.66. The number of rotatable bonds is 3. The maximum absolute atomic E-state index is 13.0. The average molecular weight is 317 g/mol. The molecule has 6 heteroatoms. The van der Waals surface area contributed by atoms with Gasteiger partial charge in [-0.2, -0.15) is 0 Å². The molecule has 1 saturated carbocycles. The first-order valence-corrected chi connectivity index (χ1v) is 7.25. The van der Waals surface area contributed by atoms with Gasteiger partial charge in [-0.15, -0.1) is 8.78 Å². The summed E-state index contributed by atoms with van der Waals surface area (Å²) in [4.78, 5) is 12.6. The Hall–Kier alpha value is -2.63. The van der Waals surface area contributed by atoms with E-state index in [4.69, 9.17) is 0 Å². The van der Waals surface area contributed by atoms with Gasteiger partial charge in [-0.25, -0.2) is 0 Å². The lowest BCUT2D eigenvalue weighted by molar-refractivity contribution is -0.286. The summed E-state index contributed by atoms with van der Waals surface area (Å²) in [5.74, 6) is -0.274. The maximum Gasteiger partial charge on any atom is 0.586 e. The smallest absolute Gasteiger partial charge is 0.395 e. The largest absolute Gasteiger partial charge is 0.586 e. The first-order chi connectivity index (χ1) is 11.0. The maximum atomic E-state index is 13.0. The van der Waals surface area contributed by atoms with Crippen molar-refractivity contribution < 1.29 is 23.0 Å². The minimum Gasteiger partial charge on any atom is -0.395 e. The van der Waals surface area contributed by atoms with Gasteiger partial charge in [0.05, 0.1) is 5.41 Å². The van der Waals surface area contributed by atoms with Gasteiger partial charge in [0, 0.05) is 11.8 Å². The molecule has 4 nitrogen and oxygen atoms in total. The number of carbonyl (C=O) groups excluding carboxylic acids is 1. The predicted molar refractivity (Wildman–Crippen MR) is 78.6 cm³/mol. The van der Waals surface area contributed by atoms with Crippen LogP contribution in [0.2, 0.25) is 0 Å². The number of amides is 1. The lowest BCUT2D eigenvalue weighted by atomic mass is 9.95. The molecule has 2 aromatic rings. The van der Waals surface area contributed by atoms with Crippen LogP contribution in [0.5, 0.6) is 11.5 Å². The van der Waals surface area contributed by atoms with Crippen LogP contribution >= 0.6 is 0 Å². The van der Waals surface area contributed by atoms with Gasteiger partial charge >= 0.3 is 6.29 Å². The van der Waals surface area contributed by atoms with Crippen molar-refractivity contribution in [2.24, 2.45) is 0 Å². The van der Waals surface area contributed by atoms with Gasteiger partial charge < -0.3 is 14.8 Å². The number of fused-ring (bicyclic) bond motifs is 1.